The standard InChI is InChI=1S/C10H21NO2/c1-3-11-10(8-12)6-5-9(7-10)13-4-2/h9,11-12H,3-8H2,1-2H3. The molecule has 0 bridgehead atoms. The number of hydrogen-bond donors (Lipinski definition) is 2. The van der Waals surface area contributed by atoms with E-state index in [-0.39, 0.29) is 12.1 Å². The Morgan fingerprint density at radius 1 is 1.54 bits per heavy atom. The highest BCUT2D eigenvalue weighted by atomic mass is 16.5. The maximum atomic E-state index is 9.32. The van der Waals surface area contributed by atoms with Crippen molar-refractivity contribution in [1.29, 1.82) is 0 Å². The predicted molar refractivity (Wildman–Crippen MR) is 52.8 cm³/mol. The molecule has 0 aliphatic heterocycles. The average Bonchev–Trinajstić information content (AvgIpc) is 2.51. The molecule has 78 valence electrons. The van der Waals surface area contributed by atoms with E-state index in [0.717, 1.165) is 32.4 Å². The number of rotatable bonds is 5. The fourth-order valence-corrected chi connectivity index (χ4v) is 2.19. The number of likely N-dealkylation sites (N-methyl/N-ethyl adjacent to an activating group) is 1. The Balaban J connectivity index is 2.42. The van der Waals surface area contributed by atoms with Gasteiger partial charge in [-0.05, 0) is 32.7 Å². The van der Waals surface area contributed by atoms with Crippen molar-refractivity contribution in [2.45, 2.75) is 44.8 Å². The van der Waals surface area contributed by atoms with Gasteiger partial charge in [0.2, 0.25) is 0 Å². The molecule has 0 saturated heterocycles. The van der Waals surface area contributed by atoms with E-state index in [1.165, 1.54) is 0 Å². The fraction of sp³-hybridized carbons (Fsp3) is 1.00. The van der Waals surface area contributed by atoms with Crippen LogP contribution in [0.1, 0.15) is 33.1 Å². The molecular weight excluding hydrogens is 166 g/mol. The summed E-state index contributed by atoms with van der Waals surface area (Å²) in [5, 5.41) is 12.7. The van der Waals surface area contributed by atoms with Crippen LogP contribution in [-0.2, 0) is 4.74 Å². The van der Waals surface area contributed by atoms with Gasteiger partial charge < -0.3 is 15.2 Å². The van der Waals surface area contributed by atoms with Crippen molar-refractivity contribution in [2.24, 2.45) is 0 Å². The summed E-state index contributed by atoms with van der Waals surface area (Å²) in [7, 11) is 0. The molecule has 0 aromatic carbocycles. The van der Waals surface area contributed by atoms with Crippen molar-refractivity contribution in [1.82, 2.24) is 5.32 Å². The van der Waals surface area contributed by atoms with Gasteiger partial charge in [0, 0.05) is 12.1 Å². The zero-order valence-electron chi connectivity index (χ0n) is 8.68. The maximum absolute atomic E-state index is 9.32. The second kappa shape index (κ2) is 4.94. The van der Waals surface area contributed by atoms with Crippen molar-refractivity contribution in [3.05, 3.63) is 0 Å². The molecule has 1 saturated carbocycles. The highest BCUT2D eigenvalue weighted by Crippen LogP contribution is 2.31. The summed E-state index contributed by atoms with van der Waals surface area (Å²) >= 11 is 0. The zero-order chi connectivity index (χ0) is 9.73. The number of hydrogen-bond acceptors (Lipinski definition) is 3. The minimum atomic E-state index is -0.0609. The Morgan fingerprint density at radius 2 is 2.31 bits per heavy atom. The fourth-order valence-electron chi connectivity index (χ4n) is 2.19. The lowest BCUT2D eigenvalue weighted by molar-refractivity contribution is 0.0556. The number of aliphatic hydroxyl groups is 1. The van der Waals surface area contributed by atoms with Gasteiger partial charge in [-0.2, -0.15) is 0 Å². The summed E-state index contributed by atoms with van der Waals surface area (Å²) < 4.78 is 5.56. The topological polar surface area (TPSA) is 41.5 Å². The molecule has 0 aromatic heterocycles. The van der Waals surface area contributed by atoms with Crippen LogP contribution >= 0.6 is 0 Å². The summed E-state index contributed by atoms with van der Waals surface area (Å²) in [6.45, 7) is 6.01. The first kappa shape index (κ1) is 11.0. The van der Waals surface area contributed by atoms with Crippen molar-refractivity contribution in [3.63, 3.8) is 0 Å². The van der Waals surface area contributed by atoms with Gasteiger partial charge in [-0.25, -0.2) is 0 Å². The van der Waals surface area contributed by atoms with Gasteiger partial charge >= 0.3 is 0 Å². The largest absolute Gasteiger partial charge is 0.394 e. The average molecular weight is 187 g/mol. The molecule has 3 heteroatoms. The molecule has 0 spiro atoms. The highest BCUT2D eigenvalue weighted by molar-refractivity contribution is 4.96. The second-order valence-corrected chi connectivity index (χ2v) is 3.79. The van der Waals surface area contributed by atoms with E-state index in [1.54, 1.807) is 0 Å². The maximum Gasteiger partial charge on any atom is 0.0614 e. The van der Waals surface area contributed by atoms with Gasteiger partial charge in [0.25, 0.3) is 0 Å². The van der Waals surface area contributed by atoms with Crippen LogP contribution in [0, 0.1) is 0 Å². The van der Waals surface area contributed by atoms with E-state index < -0.39 is 0 Å². The molecule has 2 atom stereocenters. The summed E-state index contributed by atoms with van der Waals surface area (Å²) in [6.07, 6.45) is 3.39. The van der Waals surface area contributed by atoms with Crippen molar-refractivity contribution in [3.8, 4) is 0 Å². The molecule has 0 heterocycles. The quantitative estimate of drug-likeness (QED) is 0.672. The third-order valence-electron chi connectivity index (χ3n) is 2.82. The van der Waals surface area contributed by atoms with Crippen LogP contribution in [0.4, 0.5) is 0 Å². The SMILES string of the molecule is CCNC1(CO)CCC(OCC)C1. The zero-order valence-corrected chi connectivity index (χ0v) is 8.68. The third-order valence-corrected chi connectivity index (χ3v) is 2.82. The molecule has 1 aliphatic rings. The summed E-state index contributed by atoms with van der Waals surface area (Å²) in [6, 6.07) is 0. The number of ether oxygens (including phenoxy) is 1. The second-order valence-electron chi connectivity index (χ2n) is 3.79. The van der Waals surface area contributed by atoms with Crippen LogP contribution < -0.4 is 5.32 Å². The number of aliphatic hydroxyl groups excluding tert-OH is 1. The van der Waals surface area contributed by atoms with E-state index in [1.807, 2.05) is 6.92 Å². The summed E-state index contributed by atoms with van der Waals surface area (Å²) in [4.78, 5) is 0. The van der Waals surface area contributed by atoms with E-state index >= 15 is 0 Å². The van der Waals surface area contributed by atoms with Gasteiger partial charge in [0.1, 0.15) is 0 Å². The van der Waals surface area contributed by atoms with Crippen molar-refractivity contribution < 1.29 is 9.84 Å². The van der Waals surface area contributed by atoms with Crippen molar-refractivity contribution >= 4 is 0 Å². The minimum Gasteiger partial charge on any atom is -0.394 e. The molecule has 0 amide bonds. The Labute approximate surface area is 80.5 Å². The van der Waals surface area contributed by atoms with E-state index in [0.29, 0.717) is 6.10 Å². The van der Waals surface area contributed by atoms with Crippen LogP contribution in [0.25, 0.3) is 0 Å². The monoisotopic (exact) mass is 187 g/mol. The molecule has 2 unspecified atom stereocenters. The van der Waals surface area contributed by atoms with Crippen molar-refractivity contribution in [2.75, 3.05) is 19.8 Å². The Morgan fingerprint density at radius 3 is 2.85 bits per heavy atom. The van der Waals surface area contributed by atoms with E-state index in [4.69, 9.17) is 4.74 Å². The van der Waals surface area contributed by atoms with Crippen LogP contribution in [0.3, 0.4) is 0 Å². The first-order valence-corrected chi connectivity index (χ1v) is 5.24. The normalized spacial score (nSPS) is 33.9. The summed E-state index contributed by atoms with van der Waals surface area (Å²) in [5.74, 6) is 0. The smallest absolute Gasteiger partial charge is 0.0614 e. The minimum absolute atomic E-state index is 0.0609. The molecule has 1 fully saturated rings. The molecule has 1 aliphatic carbocycles. The Kier molecular flexibility index (Phi) is 4.16. The summed E-state index contributed by atoms with van der Waals surface area (Å²) in [5.41, 5.74) is -0.0609. The Hall–Kier alpha value is -0.120. The van der Waals surface area contributed by atoms with Gasteiger partial charge in [-0.15, -0.1) is 0 Å². The van der Waals surface area contributed by atoms with Gasteiger partial charge in [0.15, 0.2) is 0 Å². The number of nitrogens with one attached hydrogen (secondary N) is 1. The molecule has 3 nitrogen and oxygen atoms in total. The van der Waals surface area contributed by atoms with Crippen LogP contribution in [-0.4, -0.2) is 36.5 Å². The van der Waals surface area contributed by atoms with Crippen LogP contribution in [0.2, 0.25) is 0 Å². The molecule has 2 N–H and O–H groups in total. The van der Waals surface area contributed by atoms with Gasteiger partial charge in [-0.1, -0.05) is 6.92 Å². The van der Waals surface area contributed by atoms with E-state index in [9.17, 15) is 5.11 Å². The van der Waals surface area contributed by atoms with Gasteiger partial charge in [-0.3, -0.25) is 0 Å². The lowest BCUT2D eigenvalue weighted by Gasteiger charge is -2.27. The molecule has 1 rings (SSSR count). The molecule has 0 radical (unpaired) electrons. The first-order chi connectivity index (χ1) is 6.26. The highest BCUT2D eigenvalue weighted by Gasteiger charge is 2.38. The first-order valence-electron chi connectivity index (χ1n) is 5.24. The van der Waals surface area contributed by atoms with Gasteiger partial charge in [0.05, 0.1) is 12.7 Å². The Bertz CT molecular complexity index is 152. The molecular formula is C10H21NO2. The lowest BCUT2D eigenvalue weighted by atomic mass is 9.99. The van der Waals surface area contributed by atoms with E-state index in [2.05, 4.69) is 12.2 Å². The van der Waals surface area contributed by atoms with Crippen LogP contribution in [0.5, 0.6) is 0 Å². The van der Waals surface area contributed by atoms with Crippen LogP contribution in [0.15, 0.2) is 0 Å². The molecule has 0 aromatic rings. The third kappa shape index (κ3) is 2.66. The predicted octanol–water partition coefficient (Wildman–Crippen LogP) is 0.916. The molecule has 13 heavy (non-hydrogen) atoms. The lowest BCUT2D eigenvalue weighted by Crippen LogP contribution is -2.46.